The summed E-state index contributed by atoms with van der Waals surface area (Å²) in [6.07, 6.45) is 1.03. The van der Waals surface area contributed by atoms with Crippen molar-refractivity contribution in [3.8, 4) is 12.1 Å². The van der Waals surface area contributed by atoms with Gasteiger partial charge in [0.2, 0.25) is 0 Å². The van der Waals surface area contributed by atoms with Gasteiger partial charge >= 0.3 is 0 Å². The molecule has 1 heterocycles. The first-order chi connectivity index (χ1) is 12.7. The molecule has 1 aliphatic heterocycles. The van der Waals surface area contributed by atoms with Crippen molar-refractivity contribution in [2.45, 2.75) is 30.5 Å². The zero-order chi connectivity index (χ0) is 18.0. The van der Waals surface area contributed by atoms with Gasteiger partial charge in [0.25, 0.3) is 0 Å². The Morgan fingerprint density at radius 1 is 0.731 bits per heavy atom. The maximum atomic E-state index is 10.2. The van der Waals surface area contributed by atoms with Gasteiger partial charge in [-0.05, 0) is 11.1 Å². The molecule has 1 saturated heterocycles. The molecule has 1 aliphatic carbocycles. The van der Waals surface area contributed by atoms with E-state index in [0.717, 1.165) is 11.1 Å². The largest absolute Gasteiger partial charge is 0.347 e. The summed E-state index contributed by atoms with van der Waals surface area (Å²) >= 11 is 0. The van der Waals surface area contributed by atoms with E-state index >= 15 is 0 Å². The van der Waals surface area contributed by atoms with Gasteiger partial charge in [0.15, 0.2) is 11.2 Å². The van der Waals surface area contributed by atoms with Crippen molar-refractivity contribution in [2.24, 2.45) is 5.41 Å². The predicted octanol–water partition coefficient (Wildman–Crippen LogP) is 4.12. The highest BCUT2D eigenvalue weighted by Crippen LogP contribution is 2.59. The Morgan fingerprint density at radius 2 is 1.15 bits per heavy atom. The number of rotatable bonds is 2. The van der Waals surface area contributed by atoms with Crippen LogP contribution in [0.3, 0.4) is 0 Å². The van der Waals surface area contributed by atoms with E-state index in [-0.39, 0.29) is 11.8 Å². The van der Waals surface area contributed by atoms with Gasteiger partial charge in [-0.3, -0.25) is 0 Å². The molecule has 2 atom stereocenters. The van der Waals surface area contributed by atoms with Crippen LogP contribution in [0.4, 0.5) is 0 Å². The molecule has 1 spiro atoms. The SMILES string of the molecule is N#CC1(C#N)[C@@H](c2ccccc2)CC2(C[C@H]1c1ccccc1)OCCO2. The van der Waals surface area contributed by atoms with Crippen LogP contribution in [0.1, 0.15) is 35.8 Å². The lowest BCUT2D eigenvalue weighted by Gasteiger charge is -2.47. The van der Waals surface area contributed by atoms with Crippen molar-refractivity contribution in [1.82, 2.24) is 0 Å². The minimum atomic E-state index is -1.16. The highest BCUT2D eigenvalue weighted by Gasteiger charge is 2.59. The Morgan fingerprint density at radius 3 is 1.54 bits per heavy atom. The summed E-state index contributed by atoms with van der Waals surface area (Å²) in [5.41, 5.74) is 0.799. The Hall–Kier alpha value is -2.66. The second kappa shape index (κ2) is 6.57. The first-order valence-electron chi connectivity index (χ1n) is 8.93. The van der Waals surface area contributed by atoms with E-state index in [1.165, 1.54) is 0 Å². The molecule has 0 amide bonds. The normalized spacial score (nSPS) is 26.1. The lowest BCUT2D eigenvalue weighted by molar-refractivity contribution is -0.194. The minimum Gasteiger partial charge on any atom is -0.347 e. The van der Waals surface area contributed by atoms with E-state index in [2.05, 4.69) is 12.1 Å². The topological polar surface area (TPSA) is 66.0 Å². The van der Waals surface area contributed by atoms with Gasteiger partial charge in [0.05, 0.1) is 25.4 Å². The summed E-state index contributed by atoms with van der Waals surface area (Å²) < 4.78 is 12.1. The molecule has 26 heavy (non-hydrogen) atoms. The first kappa shape index (κ1) is 16.8. The highest BCUT2D eigenvalue weighted by atomic mass is 16.7. The lowest BCUT2D eigenvalue weighted by atomic mass is 9.56. The second-order valence-electron chi connectivity index (χ2n) is 7.04. The summed E-state index contributed by atoms with van der Waals surface area (Å²) in [6.45, 7) is 1.10. The van der Waals surface area contributed by atoms with Gasteiger partial charge in [-0.1, -0.05) is 60.7 Å². The number of nitriles is 2. The lowest BCUT2D eigenvalue weighted by Crippen LogP contribution is -2.48. The molecule has 4 rings (SSSR count). The van der Waals surface area contributed by atoms with Crippen molar-refractivity contribution < 1.29 is 9.47 Å². The van der Waals surface area contributed by atoms with Crippen molar-refractivity contribution >= 4 is 0 Å². The van der Waals surface area contributed by atoms with Gasteiger partial charge in [-0.25, -0.2) is 0 Å². The molecular formula is C22H20N2O2. The zero-order valence-electron chi connectivity index (χ0n) is 14.5. The molecule has 0 unspecified atom stereocenters. The zero-order valence-corrected chi connectivity index (χ0v) is 14.5. The van der Waals surface area contributed by atoms with Gasteiger partial charge in [0, 0.05) is 24.7 Å². The number of ether oxygens (including phenoxy) is 2. The fourth-order valence-corrected chi connectivity index (χ4v) is 4.47. The van der Waals surface area contributed by atoms with E-state index in [9.17, 15) is 10.5 Å². The van der Waals surface area contributed by atoms with Gasteiger partial charge < -0.3 is 9.47 Å². The van der Waals surface area contributed by atoms with E-state index in [1.54, 1.807) is 0 Å². The van der Waals surface area contributed by atoms with E-state index in [0.29, 0.717) is 26.1 Å². The Balaban J connectivity index is 1.88. The summed E-state index contributed by atoms with van der Waals surface area (Å²) in [6, 6.07) is 24.4. The van der Waals surface area contributed by atoms with Gasteiger partial charge in [0.1, 0.15) is 0 Å². The van der Waals surface area contributed by atoms with Gasteiger partial charge in [-0.15, -0.1) is 0 Å². The quantitative estimate of drug-likeness (QED) is 0.822. The number of benzene rings is 2. The Kier molecular flexibility index (Phi) is 4.24. The third kappa shape index (κ3) is 2.59. The standard InChI is InChI=1S/C22H20N2O2/c23-15-21(16-24)19(17-7-3-1-4-8-17)13-22(25-11-12-26-22)14-20(21)18-9-5-2-6-10-18/h1-10,19-20H,11-14H2/t19-,20+. The van der Waals surface area contributed by atoms with E-state index < -0.39 is 11.2 Å². The Labute approximate surface area is 153 Å². The molecule has 0 N–H and O–H groups in total. The molecule has 1 saturated carbocycles. The average molecular weight is 344 g/mol. The molecule has 0 radical (unpaired) electrons. The van der Waals surface area contributed by atoms with Gasteiger partial charge in [-0.2, -0.15) is 10.5 Å². The fourth-order valence-electron chi connectivity index (χ4n) is 4.47. The fraction of sp³-hybridized carbons (Fsp3) is 0.364. The van der Waals surface area contributed by atoms with E-state index in [4.69, 9.17) is 9.47 Å². The maximum Gasteiger partial charge on any atom is 0.169 e. The molecule has 0 aromatic heterocycles. The van der Waals surface area contributed by atoms with Crippen LogP contribution in [0.2, 0.25) is 0 Å². The third-order valence-corrected chi connectivity index (χ3v) is 5.72. The molecule has 2 aliphatic rings. The van der Waals surface area contributed by atoms with Crippen molar-refractivity contribution in [1.29, 1.82) is 10.5 Å². The van der Waals surface area contributed by atoms with Crippen LogP contribution < -0.4 is 0 Å². The molecule has 4 nitrogen and oxygen atoms in total. The number of nitrogens with zero attached hydrogens (tertiary/aromatic N) is 2. The van der Waals surface area contributed by atoms with Crippen LogP contribution in [0, 0.1) is 28.1 Å². The van der Waals surface area contributed by atoms with Crippen LogP contribution in [-0.2, 0) is 9.47 Å². The second-order valence-corrected chi connectivity index (χ2v) is 7.04. The molecule has 2 fully saturated rings. The Bertz CT molecular complexity index is 778. The van der Waals surface area contributed by atoms with Crippen LogP contribution in [-0.4, -0.2) is 19.0 Å². The number of hydrogen-bond donors (Lipinski definition) is 0. The molecule has 0 bridgehead atoms. The highest BCUT2D eigenvalue weighted by molar-refractivity contribution is 5.40. The number of hydrogen-bond acceptors (Lipinski definition) is 4. The van der Waals surface area contributed by atoms with Crippen LogP contribution >= 0.6 is 0 Å². The molecule has 130 valence electrons. The molecule has 2 aromatic carbocycles. The van der Waals surface area contributed by atoms with Crippen LogP contribution in [0.25, 0.3) is 0 Å². The summed E-state index contributed by atoms with van der Waals surface area (Å²) in [5, 5.41) is 20.4. The average Bonchev–Trinajstić information content (AvgIpc) is 3.17. The van der Waals surface area contributed by atoms with E-state index in [1.807, 2.05) is 60.7 Å². The van der Waals surface area contributed by atoms with Crippen LogP contribution in [0.5, 0.6) is 0 Å². The third-order valence-electron chi connectivity index (χ3n) is 5.72. The minimum absolute atomic E-state index is 0.282. The maximum absolute atomic E-state index is 10.2. The summed E-state index contributed by atoms with van der Waals surface area (Å²) in [5.74, 6) is -1.29. The van der Waals surface area contributed by atoms with Crippen molar-refractivity contribution in [2.75, 3.05) is 13.2 Å². The predicted molar refractivity (Wildman–Crippen MR) is 95.9 cm³/mol. The van der Waals surface area contributed by atoms with Crippen molar-refractivity contribution in [3.05, 3.63) is 71.8 Å². The molecule has 2 aromatic rings. The molecular weight excluding hydrogens is 324 g/mol. The summed E-state index contributed by atoms with van der Waals surface area (Å²) in [7, 11) is 0. The molecule has 4 heteroatoms. The van der Waals surface area contributed by atoms with Crippen LogP contribution in [0.15, 0.2) is 60.7 Å². The monoisotopic (exact) mass is 344 g/mol. The first-order valence-corrected chi connectivity index (χ1v) is 8.93. The van der Waals surface area contributed by atoms with Crippen molar-refractivity contribution in [3.63, 3.8) is 0 Å². The smallest absolute Gasteiger partial charge is 0.169 e. The summed E-state index contributed by atoms with van der Waals surface area (Å²) in [4.78, 5) is 0.